The summed E-state index contributed by atoms with van der Waals surface area (Å²) in [5.74, 6) is 0.198. The molecule has 3 aromatic carbocycles. The van der Waals surface area contributed by atoms with Crippen LogP contribution in [0.5, 0.6) is 0 Å². The van der Waals surface area contributed by atoms with Crippen LogP contribution < -0.4 is 0 Å². The normalized spacial score (nSPS) is 10.8. The molecule has 0 heterocycles. The quantitative estimate of drug-likeness (QED) is 0.593. The van der Waals surface area contributed by atoms with E-state index >= 15 is 0 Å². The second-order valence-corrected chi connectivity index (χ2v) is 4.76. The molecule has 0 nitrogen and oxygen atoms in total. The number of benzene rings is 3. The molecule has 2 heteroatoms. The van der Waals surface area contributed by atoms with E-state index in [1.165, 1.54) is 24.3 Å². The van der Waals surface area contributed by atoms with E-state index in [-0.39, 0.29) is 11.6 Å². The molecule has 0 bridgehead atoms. The topological polar surface area (TPSA) is 0 Å². The van der Waals surface area contributed by atoms with E-state index in [1.54, 1.807) is 12.1 Å². The Morgan fingerprint density at radius 2 is 1.00 bits per heavy atom. The zero-order valence-corrected chi connectivity index (χ0v) is 11.3. The van der Waals surface area contributed by atoms with Gasteiger partial charge < -0.3 is 0 Å². The van der Waals surface area contributed by atoms with Crippen LogP contribution in [0.3, 0.4) is 0 Å². The molecule has 0 saturated carbocycles. The van der Waals surface area contributed by atoms with Gasteiger partial charge in [-0.2, -0.15) is 0 Å². The van der Waals surface area contributed by atoms with Crippen molar-refractivity contribution in [2.75, 3.05) is 0 Å². The van der Waals surface area contributed by atoms with E-state index < -0.39 is 0 Å². The lowest BCUT2D eigenvalue weighted by atomic mass is 9.85. The lowest BCUT2D eigenvalue weighted by Crippen LogP contribution is -2.05. The number of rotatable bonds is 3. The van der Waals surface area contributed by atoms with E-state index in [1.807, 2.05) is 42.5 Å². The van der Waals surface area contributed by atoms with Gasteiger partial charge in [-0.15, -0.1) is 0 Å². The highest BCUT2D eigenvalue weighted by Gasteiger charge is 2.18. The Bertz CT molecular complexity index is 690. The highest BCUT2D eigenvalue weighted by molar-refractivity contribution is 5.57. The van der Waals surface area contributed by atoms with Gasteiger partial charge in [-0.05, 0) is 41.0 Å². The third-order valence-electron chi connectivity index (χ3n) is 3.29. The fourth-order valence-electron chi connectivity index (χ4n) is 2.39. The Labute approximate surface area is 122 Å². The van der Waals surface area contributed by atoms with Gasteiger partial charge in [0.2, 0.25) is 0 Å². The summed E-state index contributed by atoms with van der Waals surface area (Å²) in [6, 6.07) is 22.3. The van der Waals surface area contributed by atoms with Gasteiger partial charge in [0.1, 0.15) is 11.6 Å². The molecule has 0 fully saturated rings. The summed E-state index contributed by atoms with van der Waals surface area (Å²) in [4.78, 5) is 0. The van der Waals surface area contributed by atoms with Crippen molar-refractivity contribution >= 4 is 0 Å². The molecular weight excluding hydrogens is 266 g/mol. The molecule has 21 heavy (non-hydrogen) atoms. The van der Waals surface area contributed by atoms with Crippen molar-refractivity contribution in [3.05, 3.63) is 113 Å². The van der Waals surface area contributed by atoms with Crippen LogP contribution in [0.2, 0.25) is 0 Å². The smallest absolute Gasteiger partial charge is 0.123 e. The van der Waals surface area contributed by atoms with Gasteiger partial charge >= 0.3 is 0 Å². The molecule has 0 spiro atoms. The summed E-state index contributed by atoms with van der Waals surface area (Å²) >= 11 is 0. The van der Waals surface area contributed by atoms with Crippen LogP contribution in [0, 0.1) is 17.6 Å². The second-order valence-electron chi connectivity index (χ2n) is 4.76. The van der Waals surface area contributed by atoms with Crippen molar-refractivity contribution in [1.29, 1.82) is 0 Å². The lowest BCUT2D eigenvalue weighted by molar-refractivity contribution is 0.625. The maximum Gasteiger partial charge on any atom is 0.123 e. The maximum atomic E-state index is 13.6. The van der Waals surface area contributed by atoms with Crippen molar-refractivity contribution in [2.45, 2.75) is 0 Å². The van der Waals surface area contributed by atoms with E-state index in [0.717, 1.165) is 22.6 Å². The summed E-state index contributed by atoms with van der Waals surface area (Å²) in [6.45, 7) is 0. The second kappa shape index (κ2) is 5.88. The maximum absolute atomic E-state index is 13.6. The first kappa shape index (κ1) is 13.5. The lowest BCUT2D eigenvalue weighted by Gasteiger charge is -2.18. The monoisotopic (exact) mass is 279 g/mol. The molecule has 0 aliphatic rings. The fraction of sp³-hybridized carbons (Fsp3) is 0. The molecule has 0 unspecified atom stereocenters. The molecule has 0 amide bonds. The van der Waals surface area contributed by atoms with Gasteiger partial charge in [-0.25, -0.2) is 8.78 Å². The molecule has 0 aliphatic heterocycles. The van der Waals surface area contributed by atoms with Crippen molar-refractivity contribution in [1.82, 2.24) is 0 Å². The van der Waals surface area contributed by atoms with Crippen molar-refractivity contribution in [3.63, 3.8) is 0 Å². The Hall–Kier alpha value is -2.48. The molecule has 0 aromatic heterocycles. The van der Waals surface area contributed by atoms with Gasteiger partial charge in [0.25, 0.3) is 0 Å². The first-order valence-electron chi connectivity index (χ1n) is 6.68. The predicted molar refractivity (Wildman–Crippen MR) is 79.8 cm³/mol. The summed E-state index contributed by atoms with van der Waals surface area (Å²) in [5.41, 5.74) is 2.38. The van der Waals surface area contributed by atoms with Crippen LogP contribution in [0.25, 0.3) is 0 Å². The van der Waals surface area contributed by atoms with Crippen LogP contribution >= 0.6 is 0 Å². The fourth-order valence-corrected chi connectivity index (χ4v) is 2.39. The molecule has 0 atom stereocenters. The third-order valence-corrected chi connectivity index (χ3v) is 3.29. The van der Waals surface area contributed by atoms with E-state index in [9.17, 15) is 8.78 Å². The first-order chi connectivity index (χ1) is 10.2. The van der Waals surface area contributed by atoms with Crippen LogP contribution in [0.15, 0.2) is 78.9 Å². The standard InChI is InChI=1S/C19H13F2/c20-17-10-4-8-15(12-17)19(14-6-2-1-3-7-14)16-9-5-11-18(21)13-16/h1-13H. The van der Waals surface area contributed by atoms with Crippen LogP contribution in [0.1, 0.15) is 16.7 Å². The molecule has 1 radical (unpaired) electrons. The molecule has 3 aromatic rings. The number of hydrogen-bond acceptors (Lipinski definition) is 0. The van der Waals surface area contributed by atoms with E-state index in [0.29, 0.717) is 0 Å². The molecule has 0 saturated heterocycles. The van der Waals surface area contributed by atoms with Crippen molar-refractivity contribution in [2.24, 2.45) is 0 Å². The Morgan fingerprint density at radius 3 is 1.48 bits per heavy atom. The third kappa shape index (κ3) is 3.00. The first-order valence-corrected chi connectivity index (χ1v) is 6.68. The van der Waals surface area contributed by atoms with Crippen LogP contribution in [-0.2, 0) is 0 Å². The summed E-state index contributed by atoms with van der Waals surface area (Å²) in [6.07, 6.45) is 0. The minimum atomic E-state index is -0.308. The van der Waals surface area contributed by atoms with Crippen LogP contribution in [0.4, 0.5) is 8.78 Å². The Balaban J connectivity index is 2.16. The Kier molecular flexibility index (Phi) is 3.78. The van der Waals surface area contributed by atoms with Gasteiger partial charge in [-0.1, -0.05) is 54.6 Å². The molecule has 0 N–H and O–H groups in total. The van der Waals surface area contributed by atoms with Crippen LogP contribution in [-0.4, -0.2) is 0 Å². The minimum Gasteiger partial charge on any atom is -0.207 e. The molecule has 0 aliphatic carbocycles. The average Bonchev–Trinajstić information content (AvgIpc) is 2.49. The van der Waals surface area contributed by atoms with Crippen molar-refractivity contribution < 1.29 is 8.78 Å². The van der Waals surface area contributed by atoms with Gasteiger partial charge in [-0.3, -0.25) is 0 Å². The van der Waals surface area contributed by atoms with E-state index in [4.69, 9.17) is 0 Å². The average molecular weight is 279 g/mol. The Morgan fingerprint density at radius 1 is 0.524 bits per heavy atom. The predicted octanol–water partition coefficient (Wildman–Crippen LogP) is 4.98. The largest absolute Gasteiger partial charge is 0.207 e. The van der Waals surface area contributed by atoms with Gasteiger partial charge in [0.05, 0.1) is 5.92 Å². The molecule has 103 valence electrons. The highest BCUT2D eigenvalue weighted by atomic mass is 19.1. The summed E-state index contributed by atoms with van der Waals surface area (Å²) in [7, 11) is 0. The van der Waals surface area contributed by atoms with E-state index in [2.05, 4.69) is 0 Å². The summed E-state index contributed by atoms with van der Waals surface area (Å²) in [5, 5.41) is 0. The number of hydrogen-bond donors (Lipinski definition) is 0. The van der Waals surface area contributed by atoms with Crippen molar-refractivity contribution in [3.8, 4) is 0 Å². The van der Waals surface area contributed by atoms with Gasteiger partial charge in [0, 0.05) is 0 Å². The highest BCUT2D eigenvalue weighted by Crippen LogP contribution is 2.31. The molecular formula is C19H13F2. The zero-order chi connectivity index (χ0) is 14.7. The summed E-state index contributed by atoms with van der Waals surface area (Å²) < 4.78 is 27.1. The minimum absolute atomic E-state index is 0.308. The SMILES string of the molecule is Fc1cccc([C](c2ccccc2)c2cccc(F)c2)c1. The zero-order valence-electron chi connectivity index (χ0n) is 11.3. The molecule has 3 rings (SSSR count). The van der Waals surface area contributed by atoms with Gasteiger partial charge in [0.15, 0.2) is 0 Å². The number of halogens is 2.